The third-order valence-electron chi connectivity index (χ3n) is 7.61. The van der Waals surface area contributed by atoms with E-state index in [9.17, 15) is 9.59 Å². The minimum atomic E-state index is -0.879. The highest BCUT2D eigenvalue weighted by molar-refractivity contribution is 5.89. The molecule has 0 aromatic heterocycles. The van der Waals surface area contributed by atoms with Gasteiger partial charge in [0.15, 0.2) is 23.4 Å². The number of hydrogen-bond donors (Lipinski definition) is 1. The maximum atomic E-state index is 12.6. The molecule has 31 heavy (non-hydrogen) atoms. The van der Waals surface area contributed by atoms with Gasteiger partial charge in [-0.15, -0.1) is 0 Å². The fraction of sp³-hybridized carbons (Fsp3) is 0.440. The van der Waals surface area contributed by atoms with Crippen molar-refractivity contribution in [3.63, 3.8) is 0 Å². The van der Waals surface area contributed by atoms with Gasteiger partial charge in [0.2, 0.25) is 0 Å². The molecule has 1 saturated carbocycles. The van der Waals surface area contributed by atoms with Gasteiger partial charge in [-0.05, 0) is 62.5 Å². The van der Waals surface area contributed by atoms with Crippen LogP contribution in [-0.4, -0.2) is 54.6 Å². The molecule has 6 nitrogen and oxygen atoms in total. The quantitative estimate of drug-likeness (QED) is 0.802. The van der Waals surface area contributed by atoms with Gasteiger partial charge in [0.25, 0.3) is 0 Å². The first-order chi connectivity index (χ1) is 15.0. The van der Waals surface area contributed by atoms with E-state index in [-0.39, 0.29) is 17.3 Å². The predicted octanol–water partition coefficient (Wildman–Crippen LogP) is 3.32. The number of carboxylic acids is 1. The number of ketones is 1. The summed E-state index contributed by atoms with van der Waals surface area (Å²) in [5.74, 6) is 1.58. The van der Waals surface area contributed by atoms with Crippen LogP contribution in [0.25, 0.3) is 0 Å². The Morgan fingerprint density at radius 2 is 2.00 bits per heavy atom. The Labute approximate surface area is 181 Å². The SMILES string of the molecule is COc1ccc2c3c1O[C@H]1C(=O)CC[C@H]4[C@@H](C2)N(C)CC[C@]314.O=C(O)c1ccccc1. The number of nitrogens with zero attached hydrogens (tertiary/aromatic N) is 1. The number of methoxy groups -OCH3 is 1. The summed E-state index contributed by atoms with van der Waals surface area (Å²) < 4.78 is 11.8. The standard InChI is InChI=1S/C18H21NO3.C7H6O2/c1-19-8-7-18-11-4-5-13(20)17(18)22-16-14(21-2)6-3-10(15(16)18)9-12(11)19;8-7(9)6-4-2-1-3-5-6/h3,6,11-12,17H,4-5,7-9H2,1-2H3;1-5H,(H,8,9)/t11-,12+,17-,18-;/m0./s1. The zero-order chi connectivity index (χ0) is 21.8. The largest absolute Gasteiger partial charge is 0.493 e. The number of aromatic carboxylic acids is 1. The first-order valence-electron chi connectivity index (χ1n) is 10.9. The Morgan fingerprint density at radius 1 is 1.23 bits per heavy atom. The molecule has 4 atom stereocenters. The van der Waals surface area contributed by atoms with Crippen molar-refractivity contribution in [1.82, 2.24) is 4.90 Å². The van der Waals surface area contributed by atoms with Crippen molar-refractivity contribution >= 4 is 11.8 Å². The number of carbonyl (C=O) groups is 2. The summed E-state index contributed by atoms with van der Waals surface area (Å²) >= 11 is 0. The van der Waals surface area contributed by atoms with Crippen molar-refractivity contribution in [3.05, 3.63) is 59.2 Å². The molecule has 0 amide bonds. The summed E-state index contributed by atoms with van der Waals surface area (Å²) in [5, 5.41) is 8.38. The summed E-state index contributed by atoms with van der Waals surface area (Å²) in [6.45, 7) is 1.05. The molecule has 0 radical (unpaired) electrons. The highest BCUT2D eigenvalue weighted by Gasteiger charge is 2.65. The number of rotatable bonds is 2. The molecule has 4 aliphatic rings. The molecule has 2 aromatic carbocycles. The number of ether oxygens (including phenoxy) is 2. The maximum absolute atomic E-state index is 12.6. The molecule has 2 heterocycles. The number of hydrogen-bond acceptors (Lipinski definition) is 5. The first-order valence-corrected chi connectivity index (χ1v) is 10.9. The third-order valence-corrected chi connectivity index (χ3v) is 7.61. The summed E-state index contributed by atoms with van der Waals surface area (Å²) in [4.78, 5) is 25.3. The van der Waals surface area contributed by atoms with Crippen molar-refractivity contribution in [3.8, 4) is 11.5 Å². The van der Waals surface area contributed by atoms with Gasteiger partial charge in [-0.2, -0.15) is 0 Å². The van der Waals surface area contributed by atoms with Crippen molar-refractivity contribution in [2.24, 2.45) is 5.92 Å². The lowest BCUT2D eigenvalue weighted by molar-refractivity contribution is -0.138. The number of Topliss-reactive ketones (excluding diaryl/α,β-unsaturated/α-hetero) is 1. The highest BCUT2D eigenvalue weighted by Crippen LogP contribution is 2.63. The van der Waals surface area contributed by atoms with Crippen LogP contribution in [0.1, 0.15) is 40.7 Å². The van der Waals surface area contributed by atoms with Crippen molar-refractivity contribution in [2.75, 3.05) is 20.7 Å². The second-order valence-corrected chi connectivity index (χ2v) is 8.95. The fourth-order valence-electron chi connectivity index (χ4n) is 6.25. The Bertz CT molecular complexity index is 1040. The van der Waals surface area contributed by atoms with E-state index in [1.54, 1.807) is 37.4 Å². The van der Waals surface area contributed by atoms with Crippen LogP contribution in [0.15, 0.2) is 42.5 Å². The van der Waals surface area contributed by atoms with Crippen molar-refractivity contribution in [2.45, 2.75) is 43.2 Å². The van der Waals surface area contributed by atoms with Gasteiger partial charge in [0, 0.05) is 23.4 Å². The van der Waals surface area contributed by atoms with Gasteiger partial charge in [-0.25, -0.2) is 4.79 Å². The van der Waals surface area contributed by atoms with Crippen LogP contribution < -0.4 is 9.47 Å². The van der Waals surface area contributed by atoms with E-state index in [2.05, 4.69) is 18.0 Å². The molecular formula is C25H27NO5. The summed E-state index contributed by atoms with van der Waals surface area (Å²) in [6, 6.07) is 13.0. The highest BCUT2D eigenvalue weighted by atomic mass is 16.5. The van der Waals surface area contributed by atoms with Gasteiger partial charge < -0.3 is 19.5 Å². The second-order valence-electron chi connectivity index (χ2n) is 8.95. The van der Waals surface area contributed by atoms with E-state index < -0.39 is 5.97 Å². The molecule has 2 aliphatic heterocycles. The topological polar surface area (TPSA) is 76.1 Å². The van der Waals surface area contributed by atoms with Gasteiger partial charge in [-0.1, -0.05) is 24.3 Å². The van der Waals surface area contributed by atoms with E-state index in [4.69, 9.17) is 14.6 Å². The molecule has 1 saturated heterocycles. The summed E-state index contributed by atoms with van der Waals surface area (Å²) in [5.41, 5.74) is 2.90. The Kier molecular flexibility index (Phi) is 4.77. The van der Waals surface area contributed by atoms with Crippen LogP contribution in [0.4, 0.5) is 0 Å². The smallest absolute Gasteiger partial charge is 0.335 e. The molecule has 0 unspecified atom stereocenters. The number of likely N-dealkylation sites (tertiary alicyclic amines) is 1. The molecule has 2 aromatic rings. The number of benzene rings is 2. The molecule has 2 bridgehead atoms. The third kappa shape index (κ3) is 2.88. The molecule has 1 N–H and O–H groups in total. The van der Waals surface area contributed by atoms with E-state index in [1.165, 1.54) is 11.1 Å². The zero-order valence-electron chi connectivity index (χ0n) is 17.8. The minimum absolute atomic E-state index is 0.0933. The molecule has 6 heteroatoms. The van der Waals surface area contributed by atoms with E-state index >= 15 is 0 Å². The maximum Gasteiger partial charge on any atom is 0.335 e. The van der Waals surface area contributed by atoms with Crippen LogP contribution in [0.5, 0.6) is 11.5 Å². The predicted molar refractivity (Wildman–Crippen MR) is 115 cm³/mol. The van der Waals surface area contributed by atoms with Crippen molar-refractivity contribution in [1.29, 1.82) is 0 Å². The fourth-order valence-corrected chi connectivity index (χ4v) is 6.25. The normalized spacial score (nSPS) is 29.9. The Morgan fingerprint density at radius 3 is 2.68 bits per heavy atom. The van der Waals surface area contributed by atoms with Crippen LogP contribution in [0.3, 0.4) is 0 Å². The molecule has 2 aliphatic carbocycles. The Hall–Kier alpha value is -2.86. The summed E-state index contributed by atoms with van der Waals surface area (Å²) in [7, 11) is 3.91. The Balaban J connectivity index is 0.000000192. The number of likely N-dealkylation sites (N-methyl/N-ethyl adjacent to an activating group) is 1. The minimum Gasteiger partial charge on any atom is -0.493 e. The van der Waals surface area contributed by atoms with E-state index in [0.29, 0.717) is 23.9 Å². The number of carbonyl (C=O) groups excluding carboxylic acids is 1. The van der Waals surface area contributed by atoms with Crippen LogP contribution >= 0.6 is 0 Å². The molecular weight excluding hydrogens is 394 g/mol. The van der Waals surface area contributed by atoms with Gasteiger partial charge in [0.1, 0.15) is 0 Å². The lowest BCUT2D eigenvalue weighted by Crippen LogP contribution is -2.65. The second kappa shape index (κ2) is 7.38. The van der Waals surface area contributed by atoms with Crippen LogP contribution in [0, 0.1) is 5.92 Å². The van der Waals surface area contributed by atoms with Crippen LogP contribution in [-0.2, 0) is 16.6 Å². The van der Waals surface area contributed by atoms with Crippen LogP contribution in [0.2, 0.25) is 0 Å². The lowest BCUT2D eigenvalue weighted by Gasteiger charge is -2.57. The molecule has 6 rings (SSSR count). The van der Waals surface area contributed by atoms with Gasteiger partial charge >= 0.3 is 5.97 Å². The molecule has 162 valence electrons. The first kappa shape index (κ1) is 20.1. The van der Waals surface area contributed by atoms with Crippen molar-refractivity contribution < 1.29 is 24.2 Å². The monoisotopic (exact) mass is 421 g/mol. The van der Waals surface area contributed by atoms with Gasteiger partial charge in [-0.3, -0.25) is 4.79 Å². The summed E-state index contributed by atoms with van der Waals surface area (Å²) in [6.07, 6.45) is 3.47. The molecule has 1 spiro atoms. The molecule has 2 fully saturated rings. The number of carboxylic acid groups (broad SMARTS) is 1. The lowest BCUT2D eigenvalue weighted by atomic mass is 9.52. The average Bonchev–Trinajstić information content (AvgIpc) is 3.14. The van der Waals surface area contributed by atoms with E-state index in [0.717, 1.165) is 37.3 Å². The zero-order valence-corrected chi connectivity index (χ0v) is 17.8. The van der Waals surface area contributed by atoms with Gasteiger partial charge in [0.05, 0.1) is 12.7 Å². The average molecular weight is 421 g/mol. The van der Waals surface area contributed by atoms with E-state index in [1.807, 2.05) is 6.07 Å². The number of piperidine rings is 1.